The number of carbonyl (C=O) groups is 1. The molecule has 0 fully saturated rings. The Morgan fingerprint density at radius 3 is 2.94 bits per heavy atom. The molecule has 0 saturated heterocycles. The van der Waals surface area contributed by atoms with E-state index in [1.807, 2.05) is 0 Å². The van der Waals surface area contributed by atoms with E-state index in [2.05, 4.69) is 11.2 Å². The number of amides is 1. The van der Waals surface area contributed by atoms with E-state index in [0.29, 0.717) is 6.42 Å². The monoisotopic (exact) mass is 221 g/mol. The molecule has 0 saturated carbocycles. The Morgan fingerprint density at radius 1 is 1.69 bits per heavy atom. The maximum absolute atomic E-state index is 12.7. The molecule has 0 spiro atoms. The number of carbonyl (C=O) groups excluding carboxylic acids is 1. The molecule has 1 amide bonds. The van der Waals surface area contributed by atoms with Gasteiger partial charge in [0.2, 0.25) is 0 Å². The van der Waals surface area contributed by atoms with Crippen LogP contribution in [0.1, 0.15) is 23.7 Å². The summed E-state index contributed by atoms with van der Waals surface area (Å²) in [6.07, 6.45) is 5.49. The summed E-state index contributed by atoms with van der Waals surface area (Å²) in [5, 5.41) is 12.0. The van der Waals surface area contributed by atoms with Gasteiger partial charge in [0.1, 0.15) is 11.6 Å². The van der Waals surface area contributed by atoms with Crippen LogP contribution in [0.3, 0.4) is 0 Å². The van der Waals surface area contributed by atoms with E-state index in [1.54, 1.807) is 6.92 Å². The van der Waals surface area contributed by atoms with Crippen LogP contribution in [0.15, 0.2) is 18.2 Å². The molecule has 1 rings (SSSR count). The summed E-state index contributed by atoms with van der Waals surface area (Å²) in [5.74, 6) is 0.963. The van der Waals surface area contributed by atoms with Gasteiger partial charge in [-0.2, -0.15) is 0 Å². The maximum atomic E-state index is 12.7. The topological polar surface area (TPSA) is 49.3 Å². The van der Waals surface area contributed by atoms with Gasteiger partial charge in [0, 0.05) is 18.5 Å². The second kappa shape index (κ2) is 5.17. The van der Waals surface area contributed by atoms with Gasteiger partial charge >= 0.3 is 0 Å². The fraction of sp³-hybridized carbons (Fsp3) is 0.250. The highest BCUT2D eigenvalue weighted by molar-refractivity contribution is 5.96. The van der Waals surface area contributed by atoms with Gasteiger partial charge in [-0.1, -0.05) is 0 Å². The summed E-state index contributed by atoms with van der Waals surface area (Å²) in [6, 6.07) is 3.03. The number of benzene rings is 1. The van der Waals surface area contributed by atoms with E-state index in [0.717, 1.165) is 12.1 Å². The van der Waals surface area contributed by atoms with E-state index >= 15 is 0 Å². The molecule has 1 aromatic rings. The average molecular weight is 221 g/mol. The first kappa shape index (κ1) is 12.1. The van der Waals surface area contributed by atoms with Crippen LogP contribution in [0, 0.1) is 18.2 Å². The summed E-state index contributed by atoms with van der Waals surface area (Å²) in [4.78, 5) is 11.6. The van der Waals surface area contributed by atoms with Crippen molar-refractivity contribution in [3.05, 3.63) is 29.6 Å². The van der Waals surface area contributed by atoms with Crippen molar-refractivity contribution < 1.29 is 14.3 Å². The zero-order valence-electron chi connectivity index (χ0n) is 8.83. The van der Waals surface area contributed by atoms with Crippen LogP contribution in [-0.2, 0) is 0 Å². The predicted molar refractivity (Wildman–Crippen MR) is 58.4 cm³/mol. The normalized spacial score (nSPS) is 11.6. The molecule has 0 radical (unpaired) electrons. The van der Waals surface area contributed by atoms with Crippen molar-refractivity contribution in [1.82, 2.24) is 5.32 Å². The van der Waals surface area contributed by atoms with Gasteiger partial charge < -0.3 is 10.4 Å². The summed E-state index contributed by atoms with van der Waals surface area (Å²) in [6.45, 7) is 1.75. The summed E-state index contributed by atoms with van der Waals surface area (Å²) >= 11 is 0. The standard InChI is InChI=1S/C12H12FNO2/c1-3-4-8(2)14-12(16)10-6-5-9(13)7-11(10)15/h1,5-8,15H,4H2,2H3,(H,14,16). The van der Waals surface area contributed by atoms with Gasteiger partial charge in [-0.25, -0.2) is 4.39 Å². The lowest BCUT2D eigenvalue weighted by molar-refractivity contribution is 0.0938. The number of phenols is 1. The molecule has 0 aliphatic carbocycles. The minimum absolute atomic E-state index is 0.0327. The molecular formula is C12H12FNO2. The van der Waals surface area contributed by atoms with Crippen LogP contribution in [0.25, 0.3) is 0 Å². The first-order chi connectivity index (χ1) is 7.54. The van der Waals surface area contributed by atoms with E-state index in [1.165, 1.54) is 6.07 Å². The third-order valence-electron chi connectivity index (χ3n) is 2.01. The van der Waals surface area contributed by atoms with E-state index < -0.39 is 11.7 Å². The van der Waals surface area contributed by atoms with Crippen molar-refractivity contribution in [2.24, 2.45) is 0 Å². The lowest BCUT2D eigenvalue weighted by Gasteiger charge is -2.11. The number of phenolic OH excluding ortho intramolecular Hbond substituents is 1. The molecule has 0 heterocycles. The molecule has 0 aliphatic rings. The van der Waals surface area contributed by atoms with E-state index in [-0.39, 0.29) is 17.4 Å². The van der Waals surface area contributed by atoms with Crippen molar-refractivity contribution in [2.75, 3.05) is 0 Å². The van der Waals surface area contributed by atoms with Gasteiger partial charge in [0.15, 0.2) is 0 Å². The smallest absolute Gasteiger partial charge is 0.255 e. The highest BCUT2D eigenvalue weighted by Crippen LogP contribution is 2.17. The Kier molecular flexibility index (Phi) is 3.90. The van der Waals surface area contributed by atoms with Gasteiger partial charge in [-0.3, -0.25) is 4.79 Å². The minimum Gasteiger partial charge on any atom is -0.507 e. The van der Waals surface area contributed by atoms with Gasteiger partial charge in [-0.05, 0) is 19.1 Å². The van der Waals surface area contributed by atoms with Gasteiger partial charge in [0.25, 0.3) is 5.91 Å². The van der Waals surface area contributed by atoms with Crippen LogP contribution in [0.4, 0.5) is 4.39 Å². The van der Waals surface area contributed by atoms with E-state index in [4.69, 9.17) is 6.42 Å². The van der Waals surface area contributed by atoms with Gasteiger partial charge in [-0.15, -0.1) is 12.3 Å². The fourth-order valence-electron chi connectivity index (χ4n) is 1.23. The number of rotatable bonds is 3. The molecule has 0 aromatic heterocycles. The predicted octanol–water partition coefficient (Wildman–Crippen LogP) is 1.67. The molecule has 0 bridgehead atoms. The van der Waals surface area contributed by atoms with Crippen molar-refractivity contribution >= 4 is 5.91 Å². The number of hydrogen-bond donors (Lipinski definition) is 2. The lowest BCUT2D eigenvalue weighted by atomic mass is 10.1. The molecule has 0 aliphatic heterocycles. The summed E-state index contributed by atoms with van der Waals surface area (Å²) in [5.41, 5.74) is 0.0327. The summed E-state index contributed by atoms with van der Waals surface area (Å²) in [7, 11) is 0. The zero-order valence-corrected chi connectivity index (χ0v) is 8.83. The third kappa shape index (κ3) is 2.99. The van der Waals surface area contributed by atoms with Crippen molar-refractivity contribution in [2.45, 2.75) is 19.4 Å². The van der Waals surface area contributed by atoms with Crippen LogP contribution in [0.2, 0.25) is 0 Å². The molecule has 2 N–H and O–H groups in total. The number of hydrogen-bond acceptors (Lipinski definition) is 2. The number of nitrogens with one attached hydrogen (secondary N) is 1. The number of halogens is 1. The Hall–Kier alpha value is -2.02. The van der Waals surface area contributed by atoms with Crippen molar-refractivity contribution in [1.29, 1.82) is 0 Å². The molecule has 1 unspecified atom stereocenters. The highest BCUT2D eigenvalue weighted by atomic mass is 19.1. The largest absolute Gasteiger partial charge is 0.507 e. The fourth-order valence-corrected chi connectivity index (χ4v) is 1.23. The van der Waals surface area contributed by atoms with Crippen molar-refractivity contribution in [3.8, 4) is 18.1 Å². The minimum atomic E-state index is -0.592. The second-order valence-corrected chi connectivity index (χ2v) is 3.44. The average Bonchev–Trinajstić information content (AvgIpc) is 2.17. The molecule has 3 nitrogen and oxygen atoms in total. The number of aromatic hydroxyl groups is 1. The highest BCUT2D eigenvalue weighted by Gasteiger charge is 2.13. The Bertz CT molecular complexity index is 437. The third-order valence-corrected chi connectivity index (χ3v) is 2.01. The Morgan fingerprint density at radius 2 is 2.38 bits per heavy atom. The number of terminal acetylenes is 1. The second-order valence-electron chi connectivity index (χ2n) is 3.44. The first-order valence-corrected chi connectivity index (χ1v) is 4.77. The van der Waals surface area contributed by atoms with Crippen LogP contribution in [-0.4, -0.2) is 17.1 Å². The maximum Gasteiger partial charge on any atom is 0.255 e. The molecular weight excluding hydrogens is 209 g/mol. The molecule has 1 atom stereocenters. The van der Waals surface area contributed by atoms with E-state index in [9.17, 15) is 14.3 Å². The lowest BCUT2D eigenvalue weighted by Crippen LogP contribution is -2.32. The SMILES string of the molecule is C#CCC(C)NC(=O)c1ccc(F)cc1O. The molecule has 16 heavy (non-hydrogen) atoms. The van der Waals surface area contributed by atoms with Crippen LogP contribution >= 0.6 is 0 Å². The Labute approximate surface area is 93.3 Å². The molecule has 84 valence electrons. The quantitative estimate of drug-likeness (QED) is 0.763. The first-order valence-electron chi connectivity index (χ1n) is 4.77. The Balaban J connectivity index is 2.78. The van der Waals surface area contributed by atoms with Crippen molar-refractivity contribution in [3.63, 3.8) is 0 Å². The molecule has 1 aromatic carbocycles. The summed E-state index contributed by atoms with van der Waals surface area (Å²) < 4.78 is 12.7. The van der Waals surface area contributed by atoms with Crippen LogP contribution in [0.5, 0.6) is 5.75 Å². The van der Waals surface area contributed by atoms with Crippen LogP contribution < -0.4 is 5.32 Å². The molecule has 4 heteroatoms. The van der Waals surface area contributed by atoms with Gasteiger partial charge in [0.05, 0.1) is 5.56 Å². The zero-order chi connectivity index (χ0) is 12.1.